The first-order valence-electron chi connectivity index (χ1n) is 8.35. The predicted molar refractivity (Wildman–Crippen MR) is 98.8 cm³/mol. The number of hydrogen-bond acceptors (Lipinski definition) is 4. The van der Waals surface area contributed by atoms with Crippen LogP contribution in [0, 0.1) is 6.92 Å². The molecule has 0 aliphatic heterocycles. The number of ether oxygens (including phenoxy) is 2. The molecule has 138 valence electrons. The number of hydrogen-bond donors (Lipinski definition) is 2. The van der Waals surface area contributed by atoms with Crippen molar-refractivity contribution in [1.29, 1.82) is 0 Å². The van der Waals surface area contributed by atoms with Crippen LogP contribution < -0.4 is 14.8 Å². The van der Waals surface area contributed by atoms with Crippen LogP contribution in [0.2, 0.25) is 0 Å². The fourth-order valence-corrected chi connectivity index (χ4v) is 2.40. The summed E-state index contributed by atoms with van der Waals surface area (Å²) in [4.78, 5) is 22.9. The van der Waals surface area contributed by atoms with E-state index in [0.29, 0.717) is 17.2 Å². The van der Waals surface area contributed by atoms with Gasteiger partial charge in [-0.15, -0.1) is 0 Å². The fraction of sp³-hybridized carbons (Fsp3) is 0.300. The molecule has 0 unspecified atom stereocenters. The molecule has 0 aromatic heterocycles. The Morgan fingerprint density at radius 2 is 1.88 bits per heavy atom. The lowest BCUT2D eigenvalue weighted by molar-refractivity contribution is -0.139. The monoisotopic (exact) mass is 357 g/mol. The summed E-state index contributed by atoms with van der Waals surface area (Å²) < 4.78 is 10.9. The molecule has 0 aliphatic rings. The number of anilines is 1. The summed E-state index contributed by atoms with van der Waals surface area (Å²) >= 11 is 0. The second kappa shape index (κ2) is 8.89. The van der Waals surface area contributed by atoms with Gasteiger partial charge in [0.25, 0.3) is 0 Å². The quantitative estimate of drug-likeness (QED) is 0.756. The highest BCUT2D eigenvalue weighted by Crippen LogP contribution is 2.23. The molecule has 2 aromatic carbocycles. The molecule has 0 heterocycles. The van der Waals surface area contributed by atoms with Crippen LogP contribution in [0.3, 0.4) is 0 Å². The maximum Gasteiger partial charge on any atom is 0.341 e. The Morgan fingerprint density at radius 1 is 1.15 bits per heavy atom. The smallest absolute Gasteiger partial charge is 0.341 e. The van der Waals surface area contributed by atoms with E-state index < -0.39 is 12.6 Å². The van der Waals surface area contributed by atoms with Gasteiger partial charge in [-0.2, -0.15) is 0 Å². The van der Waals surface area contributed by atoms with Crippen LogP contribution in [0.25, 0.3) is 0 Å². The molecule has 6 nitrogen and oxygen atoms in total. The number of para-hydroxylation sites is 1. The number of aliphatic carboxylic acids is 1. The van der Waals surface area contributed by atoms with E-state index in [0.717, 1.165) is 11.1 Å². The van der Waals surface area contributed by atoms with E-state index >= 15 is 0 Å². The number of carbonyl (C=O) groups is 2. The first-order valence-corrected chi connectivity index (χ1v) is 8.35. The molecule has 0 fully saturated rings. The van der Waals surface area contributed by atoms with Gasteiger partial charge in [0.2, 0.25) is 5.91 Å². The minimum Gasteiger partial charge on any atom is -0.491 e. The van der Waals surface area contributed by atoms with Gasteiger partial charge >= 0.3 is 5.97 Å². The zero-order chi connectivity index (χ0) is 19.1. The fourth-order valence-electron chi connectivity index (χ4n) is 2.40. The molecule has 0 bridgehead atoms. The van der Waals surface area contributed by atoms with E-state index in [9.17, 15) is 9.59 Å². The summed E-state index contributed by atoms with van der Waals surface area (Å²) in [6.07, 6.45) is 0.222. The summed E-state index contributed by atoms with van der Waals surface area (Å²) in [5.41, 5.74) is 2.26. The zero-order valence-electron chi connectivity index (χ0n) is 15.1. The number of benzene rings is 2. The van der Waals surface area contributed by atoms with Crippen molar-refractivity contribution in [3.63, 3.8) is 0 Å². The van der Waals surface area contributed by atoms with Crippen LogP contribution >= 0.6 is 0 Å². The van der Waals surface area contributed by atoms with Gasteiger partial charge in [-0.3, -0.25) is 4.79 Å². The van der Waals surface area contributed by atoms with Crippen molar-refractivity contribution in [3.8, 4) is 11.5 Å². The van der Waals surface area contributed by atoms with Crippen molar-refractivity contribution < 1.29 is 24.2 Å². The average molecular weight is 357 g/mol. The van der Waals surface area contributed by atoms with Gasteiger partial charge in [0.05, 0.1) is 12.5 Å². The van der Waals surface area contributed by atoms with Crippen molar-refractivity contribution in [2.45, 2.75) is 33.3 Å². The van der Waals surface area contributed by atoms with Gasteiger partial charge in [0.15, 0.2) is 6.61 Å². The minimum absolute atomic E-state index is 0.0276. The lowest BCUT2D eigenvalue weighted by Gasteiger charge is -2.15. The van der Waals surface area contributed by atoms with E-state index in [4.69, 9.17) is 14.6 Å². The lowest BCUT2D eigenvalue weighted by atomic mass is 10.1. The summed E-state index contributed by atoms with van der Waals surface area (Å²) in [7, 11) is 0. The molecule has 0 aliphatic carbocycles. The first-order chi connectivity index (χ1) is 12.3. The normalized spacial score (nSPS) is 10.5. The Hall–Kier alpha value is -3.02. The van der Waals surface area contributed by atoms with Crippen molar-refractivity contribution >= 4 is 17.6 Å². The molecule has 0 spiro atoms. The van der Waals surface area contributed by atoms with E-state index in [2.05, 4.69) is 5.32 Å². The van der Waals surface area contributed by atoms with Crippen LogP contribution in [0.4, 0.5) is 5.69 Å². The molecule has 6 heteroatoms. The molecule has 0 atom stereocenters. The highest BCUT2D eigenvalue weighted by molar-refractivity contribution is 5.93. The largest absolute Gasteiger partial charge is 0.491 e. The van der Waals surface area contributed by atoms with Gasteiger partial charge in [-0.25, -0.2) is 4.79 Å². The van der Waals surface area contributed by atoms with Crippen LogP contribution in [0.5, 0.6) is 11.5 Å². The first kappa shape index (κ1) is 19.3. The molecule has 2 rings (SSSR count). The van der Waals surface area contributed by atoms with E-state index in [1.165, 1.54) is 0 Å². The van der Waals surface area contributed by atoms with E-state index in [1.807, 2.05) is 45.0 Å². The highest BCUT2D eigenvalue weighted by atomic mass is 16.5. The molecule has 26 heavy (non-hydrogen) atoms. The number of nitrogens with one attached hydrogen (secondary N) is 1. The molecule has 0 radical (unpaired) electrons. The molecule has 0 saturated heterocycles. The Morgan fingerprint density at radius 3 is 2.54 bits per heavy atom. The average Bonchev–Trinajstić information content (AvgIpc) is 2.56. The molecule has 2 aromatic rings. The predicted octanol–water partition coefficient (Wildman–Crippen LogP) is 3.43. The van der Waals surface area contributed by atoms with E-state index in [-0.39, 0.29) is 18.4 Å². The maximum absolute atomic E-state index is 12.4. The number of carbonyl (C=O) groups excluding carboxylic acids is 1. The third-order valence-corrected chi connectivity index (χ3v) is 3.52. The Bertz CT molecular complexity index is 786. The van der Waals surface area contributed by atoms with Crippen LogP contribution in [0.15, 0.2) is 42.5 Å². The van der Waals surface area contributed by atoms with Gasteiger partial charge in [0.1, 0.15) is 11.5 Å². The topological polar surface area (TPSA) is 84.9 Å². The molecule has 2 N–H and O–H groups in total. The highest BCUT2D eigenvalue weighted by Gasteiger charge is 2.11. The standard InChI is InChI=1S/C20H23NO5/c1-13(2)26-18-7-5-4-6-15(18)11-19(22)21-17-9-8-16(10-14(17)3)25-12-20(23)24/h4-10,13H,11-12H2,1-3H3,(H,21,22)(H,23,24). The van der Waals surface area contributed by atoms with E-state index in [1.54, 1.807) is 18.2 Å². The van der Waals surface area contributed by atoms with Gasteiger partial charge in [-0.05, 0) is 50.6 Å². The van der Waals surface area contributed by atoms with Crippen molar-refractivity contribution in [2.75, 3.05) is 11.9 Å². The zero-order valence-corrected chi connectivity index (χ0v) is 15.1. The Kier molecular flexibility index (Phi) is 6.60. The Labute approximate surface area is 152 Å². The van der Waals surface area contributed by atoms with Crippen molar-refractivity contribution in [1.82, 2.24) is 0 Å². The van der Waals surface area contributed by atoms with Crippen molar-refractivity contribution in [2.24, 2.45) is 0 Å². The summed E-state index contributed by atoms with van der Waals surface area (Å²) in [5.74, 6) is -0.0557. The minimum atomic E-state index is -1.04. The van der Waals surface area contributed by atoms with Crippen molar-refractivity contribution in [3.05, 3.63) is 53.6 Å². The third kappa shape index (κ3) is 5.81. The van der Waals surface area contributed by atoms with Gasteiger partial charge in [0, 0.05) is 11.3 Å². The summed E-state index contributed by atoms with van der Waals surface area (Å²) in [6.45, 7) is 5.29. The maximum atomic E-state index is 12.4. The van der Waals surface area contributed by atoms with Gasteiger partial charge < -0.3 is 19.9 Å². The lowest BCUT2D eigenvalue weighted by Crippen LogP contribution is -2.17. The number of carboxylic acids is 1. The van der Waals surface area contributed by atoms with Crippen LogP contribution in [-0.4, -0.2) is 29.7 Å². The van der Waals surface area contributed by atoms with Gasteiger partial charge in [-0.1, -0.05) is 18.2 Å². The SMILES string of the molecule is Cc1cc(OCC(=O)O)ccc1NC(=O)Cc1ccccc1OC(C)C. The summed E-state index contributed by atoms with van der Waals surface area (Å²) in [5, 5.41) is 11.5. The molecular weight excluding hydrogens is 334 g/mol. The number of amides is 1. The molecule has 1 amide bonds. The second-order valence-electron chi connectivity index (χ2n) is 6.16. The third-order valence-electron chi connectivity index (χ3n) is 3.52. The van der Waals surface area contributed by atoms with Crippen LogP contribution in [0.1, 0.15) is 25.0 Å². The molecule has 0 saturated carbocycles. The van der Waals surface area contributed by atoms with Crippen LogP contribution in [-0.2, 0) is 16.0 Å². The Balaban J connectivity index is 2.03. The number of aryl methyl sites for hydroxylation is 1. The second-order valence-corrected chi connectivity index (χ2v) is 6.16. The summed E-state index contributed by atoms with van der Waals surface area (Å²) in [6, 6.07) is 12.5. The number of rotatable bonds is 8. The number of carboxylic acid groups (broad SMARTS) is 1. The molecular formula is C20H23NO5.